The van der Waals surface area contributed by atoms with Crippen LogP contribution in [0.1, 0.15) is 5.56 Å². The monoisotopic (exact) mass is 196 g/mol. The van der Waals surface area contributed by atoms with Gasteiger partial charge in [-0.2, -0.15) is 0 Å². The lowest BCUT2D eigenvalue weighted by molar-refractivity contribution is 0.897. The van der Waals surface area contributed by atoms with E-state index in [1.165, 1.54) is 16.5 Å². The molecule has 1 aromatic heterocycles. The van der Waals surface area contributed by atoms with Gasteiger partial charge in [0, 0.05) is 30.2 Å². The third-order valence-electron chi connectivity index (χ3n) is 2.79. The average Bonchev–Trinajstić information content (AvgIpc) is 2.82. The number of fused-ring (bicyclic) bond motifs is 1. The lowest BCUT2D eigenvalue weighted by Gasteiger charge is -2.05. The van der Waals surface area contributed by atoms with E-state index in [0.717, 1.165) is 18.6 Å². The maximum atomic E-state index is 4.46. The van der Waals surface area contributed by atoms with Crippen molar-refractivity contribution in [2.45, 2.75) is 0 Å². The Hall–Kier alpha value is -1.67. The first-order valence-electron chi connectivity index (χ1n) is 5.19. The Morgan fingerprint density at radius 2 is 2.07 bits per heavy atom. The molecule has 0 saturated heterocycles. The van der Waals surface area contributed by atoms with E-state index in [0.29, 0.717) is 0 Å². The highest BCUT2D eigenvalue weighted by Gasteiger charge is 2.09. The minimum atomic E-state index is 0.954. The van der Waals surface area contributed by atoms with Crippen molar-refractivity contribution < 1.29 is 0 Å². The highest BCUT2D eigenvalue weighted by atomic mass is 14.9. The van der Waals surface area contributed by atoms with Crippen LogP contribution in [-0.2, 0) is 0 Å². The molecule has 2 aromatic rings. The van der Waals surface area contributed by atoms with Crippen LogP contribution in [0.2, 0.25) is 0 Å². The van der Waals surface area contributed by atoms with Gasteiger partial charge in [-0.1, -0.05) is 30.3 Å². The number of benzene rings is 1. The number of rotatable bonds is 1. The summed E-state index contributed by atoms with van der Waals surface area (Å²) in [6, 6.07) is 10.4. The van der Waals surface area contributed by atoms with E-state index in [9.17, 15) is 0 Å². The third kappa shape index (κ3) is 1.43. The Bertz CT molecular complexity index is 524. The van der Waals surface area contributed by atoms with Gasteiger partial charge >= 0.3 is 0 Å². The molecule has 0 atom stereocenters. The summed E-state index contributed by atoms with van der Waals surface area (Å²) in [7, 11) is 0. The lowest BCUT2D eigenvalue weighted by Crippen LogP contribution is -2.07. The molecule has 0 spiro atoms. The van der Waals surface area contributed by atoms with Gasteiger partial charge in [-0.25, -0.2) is 0 Å². The zero-order chi connectivity index (χ0) is 10.1. The normalized spacial score (nSPS) is 15.6. The van der Waals surface area contributed by atoms with E-state index in [4.69, 9.17) is 0 Å². The van der Waals surface area contributed by atoms with Crippen molar-refractivity contribution >= 4 is 16.5 Å². The first-order valence-corrected chi connectivity index (χ1v) is 5.19. The summed E-state index contributed by atoms with van der Waals surface area (Å²) in [4.78, 5) is 4.46. The van der Waals surface area contributed by atoms with Gasteiger partial charge in [0.25, 0.3) is 0 Å². The van der Waals surface area contributed by atoms with Gasteiger partial charge < -0.3 is 5.32 Å². The van der Waals surface area contributed by atoms with Gasteiger partial charge in [0.1, 0.15) is 0 Å². The van der Waals surface area contributed by atoms with E-state index < -0.39 is 0 Å². The fraction of sp³-hybridized carbons (Fsp3) is 0.154. The van der Waals surface area contributed by atoms with Gasteiger partial charge in [-0.15, -0.1) is 0 Å². The molecule has 0 saturated carbocycles. The Kier molecular flexibility index (Phi) is 2.00. The molecule has 2 heteroatoms. The van der Waals surface area contributed by atoms with E-state index in [-0.39, 0.29) is 0 Å². The second-order valence-electron chi connectivity index (χ2n) is 3.74. The van der Waals surface area contributed by atoms with Gasteiger partial charge in [0.2, 0.25) is 0 Å². The fourth-order valence-corrected chi connectivity index (χ4v) is 2.04. The standard InChI is InChI=1S/C13H12N2/c1-3-10-4-2-7-15-13(10)12(5-1)11-6-8-14-9-11/h1-7,14H,8-9H2. The maximum Gasteiger partial charge on any atom is 0.0777 e. The van der Waals surface area contributed by atoms with Crippen molar-refractivity contribution in [2.75, 3.05) is 13.1 Å². The second kappa shape index (κ2) is 3.48. The molecule has 3 rings (SSSR count). The summed E-state index contributed by atoms with van der Waals surface area (Å²) in [6.07, 6.45) is 4.10. The van der Waals surface area contributed by atoms with E-state index in [1.807, 2.05) is 12.3 Å². The third-order valence-corrected chi connectivity index (χ3v) is 2.79. The molecular weight excluding hydrogens is 184 g/mol. The van der Waals surface area contributed by atoms with Crippen LogP contribution in [0, 0.1) is 0 Å². The predicted octanol–water partition coefficient (Wildman–Crippen LogP) is 2.22. The average molecular weight is 196 g/mol. The van der Waals surface area contributed by atoms with Crippen molar-refractivity contribution in [3.05, 3.63) is 48.2 Å². The molecule has 0 bridgehead atoms. The lowest BCUT2D eigenvalue weighted by atomic mass is 10.0. The molecule has 2 nitrogen and oxygen atoms in total. The molecule has 74 valence electrons. The number of aromatic nitrogens is 1. The van der Waals surface area contributed by atoms with Crippen LogP contribution in [0.5, 0.6) is 0 Å². The highest BCUT2D eigenvalue weighted by molar-refractivity contribution is 5.91. The quantitative estimate of drug-likeness (QED) is 0.756. The van der Waals surface area contributed by atoms with Crippen molar-refractivity contribution in [3.8, 4) is 0 Å². The number of pyridine rings is 1. The summed E-state index contributed by atoms with van der Waals surface area (Å²) in [5.74, 6) is 0. The highest BCUT2D eigenvalue weighted by Crippen LogP contribution is 2.23. The van der Waals surface area contributed by atoms with Gasteiger partial charge in [0.05, 0.1) is 5.52 Å². The summed E-state index contributed by atoms with van der Waals surface area (Å²) in [5.41, 5.74) is 3.73. The molecule has 0 unspecified atom stereocenters. The van der Waals surface area contributed by atoms with Gasteiger partial charge in [-0.3, -0.25) is 4.98 Å². The van der Waals surface area contributed by atoms with E-state index in [2.05, 4.69) is 40.6 Å². The first kappa shape index (κ1) is 8.62. The SMILES string of the molecule is C1=C(c2cccc3cccnc23)CNC1. The number of nitrogens with one attached hydrogen (secondary N) is 1. The van der Waals surface area contributed by atoms with E-state index >= 15 is 0 Å². The van der Waals surface area contributed by atoms with Crippen LogP contribution in [0.25, 0.3) is 16.5 Å². The van der Waals surface area contributed by atoms with Crippen molar-refractivity contribution in [1.82, 2.24) is 10.3 Å². The molecule has 1 aromatic carbocycles. The minimum Gasteiger partial charge on any atom is -0.309 e. The molecular formula is C13H12N2. The Balaban J connectivity index is 2.26. The number of para-hydroxylation sites is 1. The smallest absolute Gasteiger partial charge is 0.0777 e. The number of hydrogen-bond donors (Lipinski definition) is 1. The Morgan fingerprint density at radius 3 is 2.93 bits per heavy atom. The summed E-state index contributed by atoms with van der Waals surface area (Å²) < 4.78 is 0. The van der Waals surface area contributed by atoms with Crippen LogP contribution in [0.4, 0.5) is 0 Å². The maximum absolute atomic E-state index is 4.46. The van der Waals surface area contributed by atoms with Crippen LogP contribution in [0.3, 0.4) is 0 Å². The molecule has 0 radical (unpaired) electrons. The Labute approximate surface area is 88.6 Å². The van der Waals surface area contributed by atoms with Crippen molar-refractivity contribution in [3.63, 3.8) is 0 Å². The zero-order valence-electron chi connectivity index (χ0n) is 8.40. The molecule has 0 aliphatic carbocycles. The number of hydrogen-bond acceptors (Lipinski definition) is 2. The van der Waals surface area contributed by atoms with Crippen LogP contribution >= 0.6 is 0 Å². The summed E-state index contributed by atoms with van der Waals surface area (Å²) >= 11 is 0. The molecule has 1 aliphatic rings. The fourth-order valence-electron chi connectivity index (χ4n) is 2.04. The van der Waals surface area contributed by atoms with E-state index in [1.54, 1.807) is 0 Å². The van der Waals surface area contributed by atoms with Gasteiger partial charge in [0.15, 0.2) is 0 Å². The van der Waals surface area contributed by atoms with Crippen LogP contribution in [-0.4, -0.2) is 18.1 Å². The van der Waals surface area contributed by atoms with Gasteiger partial charge in [-0.05, 0) is 11.6 Å². The number of nitrogens with zero attached hydrogens (tertiary/aromatic N) is 1. The predicted molar refractivity (Wildman–Crippen MR) is 62.6 cm³/mol. The largest absolute Gasteiger partial charge is 0.309 e. The topological polar surface area (TPSA) is 24.9 Å². The molecule has 1 aliphatic heterocycles. The van der Waals surface area contributed by atoms with Crippen LogP contribution < -0.4 is 5.32 Å². The molecule has 2 heterocycles. The molecule has 0 amide bonds. The minimum absolute atomic E-state index is 0.954. The molecule has 0 fully saturated rings. The Morgan fingerprint density at radius 1 is 1.13 bits per heavy atom. The molecule has 1 N–H and O–H groups in total. The summed E-state index contributed by atoms with van der Waals surface area (Å²) in [6.45, 7) is 1.92. The summed E-state index contributed by atoms with van der Waals surface area (Å²) in [5, 5.41) is 4.53. The van der Waals surface area contributed by atoms with Crippen molar-refractivity contribution in [1.29, 1.82) is 0 Å². The second-order valence-corrected chi connectivity index (χ2v) is 3.74. The van der Waals surface area contributed by atoms with Crippen LogP contribution in [0.15, 0.2) is 42.6 Å². The zero-order valence-corrected chi connectivity index (χ0v) is 8.40. The molecule has 15 heavy (non-hydrogen) atoms. The van der Waals surface area contributed by atoms with Crippen molar-refractivity contribution in [2.24, 2.45) is 0 Å². The first-order chi connectivity index (χ1) is 7.45.